The molecule has 112 valence electrons. The predicted molar refractivity (Wildman–Crippen MR) is 83.6 cm³/mol. The fourth-order valence-corrected chi connectivity index (χ4v) is 2.01. The van der Waals surface area contributed by atoms with Gasteiger partial charge in [0.25, 0.3) is 0 Å². The molecule has 0 spiro atoms. The average Bonchev–Trinajstić information content (AvgIpc) is 2.86. The van der Waals surface area contributed by atoms with Crippen LogP contribution in [0.4, 0.5) is 0 Å². The van der Waals surface area contributed by atoms with Gasteiger partial charge in [0.1, 0.15) is 18.4 Å². The van der Waals surface area contributed by atoms with E-state index >= 15 is 0 Å². The Labute approximate surface area is 129 Å². The molecule has 0 saturated heterocycles. The van der Waals surface area contributed by atoms with Crippen molar-refractivity contribution in [2.45, 2.75) is 12.5 Å². The Balaban J connectivity index is 0.00000220. The number of carbonyl (C=O) groups is 1. The molecule has 0 bridgehead atoms. The zero-order valence-electron chi connectivity index (χ0n) is 11.6. The van der Waals surface area contributed by atoms with Gasteiger partial charge in [-0.3, -0.25) is 4.79 Å². The lowest BCUT2D eigenvalue weighted by Crippen LogP contribution is -2.33. The maximum absolute atomic E-state index is 11.4. The molecule has 0 amide bonds. The van der Waals surface area contributed by atoms with E-state index in [2.05, 4.69) is 15.6 Å². The number of nitrogens with two attached hydrogens (primary N) is 1. The minimum absolute atomic E-state index is 0. The highest BCUT2D eigenvalue weighted by molar-refractivity contribution is 5.86. The number of carbonyl (C=O) groups excluding carboxylic acids is 1. The fraction of sp³-hybridized carbons (Fsp3) is 0.267. The van der Waals surface area contributed by atoms with Gasteiger partial charge in [-0.05, 0) is 23.8 Å². The quantitative estimate of drug-likeness (QED) is 0.650. The summed E-state index contributed by atoms with van der Waals surface area (Å²) in [4.78, 5) is 14.5. The largest absolute Gasteiger partial charge is 0.481 e. The third-order valence-corrected chi connectivity index (χ3v) is 3.00. The predicted octanol–water partition coefficient (Wildman–Crippen LogP) is 1.64. The number of benzene rings is 1. The molecule has 0 aliphatic heterocycles. The number of esters is 1. The number of terminal acetylenes is 1. The summed E-state index contributed by atoms with van der Waals surface area (Å²) in [6.07, 6.45) is 7.39. The van der Waals surface area contributed by atoms with Crippen molar-refractivity contribution in [3.63, 3.8) is 0 Å². The van der Waals surface area contributed by atoms with Gasteiger partial charge in [0.2, 0.25) is 0 Å². The van der Waals surface area contributed by atoms with Crippen LogP contribution in [0.1, 0.15) is 5.56 Å². The normalized spacial score (nSPS) is 11.3. The minimum Gasteiger partial charge on any atom is -0.481 e. The van der Waals surface area contributed by atoms with Crippen molar-refractivity contribution in [2.75, 3.05) is 13.7 Å². The number of ether oxygens (including phenoxy) is 2. The summed E-state index contributed by atoms with van der Waals surface area (Å²) in [5.41, 5.74) is 7.67. The third-order valence-electron chi connectivity index (χ3n) is 3.00. The summed E-state index contributed by atoms with van der Waals surface area (Å²) in [6, 6.07) is 4.92. The highest BCUT2D eigenvalue weighted by Crippen LogP contribution is 2.24. The van der Waals surface area contributed by atoms with E-state index in [4.69, 9.17) is 16.9 Å². The van der Waals surface area contributed by atoms with E-state index in [9.17, 15) is 4.79 Å². The minimum atomic E-state index is -0.686. The standard InChI is InChI=1S/C15H16N2O3.ClH/c1-3-6-20-11-4-5-14-12(8-11)10(9-17-14)7-13(16)15(18)19-2;/h1,4-5,8-9,13,17H,6-7,16H2,2H3;1H. The first-order valence-corrected chi connectivity index (χ1v) is 6.15. The zero-order chi connectivity index (χ0) is 14.5. The van der Waals surface area contributed by atoms with Gasteiger partial charge in [-0.25, -0.2) is 0 Å². The molecule has 1 atom stereocenters. The number of nitrogens with one attached hydrogen (secondary N) is 1. The molecule has 1 aromatic carbocycles. The summed E-state index contributed by atoms with van der Waals surface area (Å²) in [6.45, 7) is 0.215. The lowest BCUT2D eigenvalue weighted by molar-refractivity contribution is -0.142. The van der Waals surface area contributed by atoms with Crippen molar-refractivity contribution in [1.29, 1.82) is 0 Å². The molecule has 0 aliphatic rings. The molecule has 2 rings (SSSR count). The molecular weight excluding hydrogens is 292 g/mol. The van der Waals surface area contributed by atoms with Crippen LogP contribution in [0.15, 0.2) is 24.4 Å². The van der Waals surface area contributed by atoms with E-state index in [1.807, 2.05) is 24.4 Å². The van der Waals surface area contributed by atoms with E-state index < -0.39 is 12.0 Å². The SMILES string of the molecule is C#CCOc1ccc2[nH]cc(CC(N)C(=O)OC)c2c1.Cl. The van der Waals surface area contributed by atoms with Crippen molar-refractivity contribution < 1.29 is 14.3 Å². The molecular formula is C15H17ClN2O3. The van der Waals surface area contributed by atoms with Crippen LogP contribution in [-0.2, 0) is 16.0 Å². The summed E-state index contributed by atoms with van der Waals surface area (Å²) in [5, 5.41) is 0.957. The number of rotatable bonds is 5. The first-order chi connectivity index (χ1) is 9.65. The second kappa shape index (κ2) is 7.58. The van der Waals surface area contributed by atoms with Crippen molar-refractivity contribution in [1.82, 2.24) is 4.98 Å². The first kappa shape index (κ1) is 16.9. The molecule has 3 N–H and O–H groups in total. The van der Waals surface area contributed by atoms with Crippen LogP contribution in [0.3, 0.4) is 0 Å². The number of aromatic amines is 1. The Morgan fingerprint density at radius 2 is 2.29 bits per heavy atom. The van der Waals surface area contributed by atoms with Gasteiger partial charge in [-0.15, -0.1) is 18.8 Å². The van der Waals surface area contributed by atoms with Crippen LogP contribution < -0.4 is 10.5 Å². The highest BCUT2D eigenvalue weighted by atomic mass is 35.5. The van der Waals surface area contributed by atoms with E-state index in [1.54, 1.807) is 0 Å². The van der Waals surface area contributed by atoms with Crippen LogP contribution >= 0.6 is 12.4 Å². The highest BCUT2D eigenvalue weighted by Gasteiger charge is 2.16. The number of fused-ring (bicyclic) bond motifs is 1. The number of hydrogen-bond acceptors (Lipinski definition) is 4. The number of hydrogen-bond donors (Lipinski definition) is 2. The lowest BCUT2D eigenvalue weighted by atomic mass is 10.1. The van der Waals surface area contributed by atoms with E-state index in [1.165, 1.54) is 7.11 Å². The van der Waals surface area contributed by atoms with Crippen LogP contribution in [0, 0.1) is 12.3 Å². The van der Waals surface area contributed by atoms with Crippen LogP contribution in [-0.4, -0.2) is 30.7 Å². The monoisotopic (exact) mass is 308 g/mol. The first-order valence-electron chi connectivity index (χ1n) is 6.15. The van der Waals surface area contributed by atoms with Crippen molar-refractivity contribution >= 4 is 29.3 Å². The molecule has 0 radical (unpaired) electrons. The van der Waals surface area contributed by atoms with Gasteiger partial charge >= 0.3 is 5.97 Å². The zero-order valence-corrected chi connectivity index (χ0v) is 12.4. The van der Waals surface area contributed by atoms with Crippen molar-refractivity contribution in [2.24, 2.45) is 5.73 Å². The lowest BCUT2D eigenvalue weighted by Gasteiger charge is -2.08. The van der Waals surface area contributed by atoms with E-state index in [0.717, 1.165) is 16.5 Å². The molecule has 0 aliphatic carbocycles. The molecule has 21 heavy (non-hydrogen) atoms. The van der Waals surface area contributed by atoms with Gasteiger partial charge in [-0.1, -0.05) is 5.92 Å². The van der Waals surface area contributed by atoms with Gasteiger partial charge in [0.15, 0.2) is 0 Å². The van der Waals surface area contributed by atoms with Crippen molar-refractivity contribution in [3.05, 3.63) is 30.0 Å². The van der Waals surface area contributed by atoms with Crippen LogP contribution in [0.2, 0.25) is 0 Å². The summed E-state index contributed by atoms with van der Waals surface area (Å²) in [5.74, 6) is 2.67. The molecule has 0 fully saturated rings. The molecule has 1 heterocycles. The topological polar surface area (TPSA) is 77.3 Å². The Kier molecular flexibility index (Phi) is 6.10. The molecule has 1 unspecified atom stereocenters. The number of methoxy groups -OCH3 is 1. The number of H-pyrrole nitrogens is 1. The van der Waals surface area contributed by atoms with E-state index in [-0.39, 0.29) is 19.0 Å². The molecule has 2 aromatic rings. The smallest absolute Gasteiger partial charge is 0.322 e. The second-order valence-corrected chi connectivity index (χ2v) is 4.35. The molecule has 5 nitrogen and oxygen atoms in total. The van der Waals surface area contributed by atoms with E-state index in [0.29, 0.717) is 12.2 Å². The second-order valence-electron chi connectivity index (χ2n) is 4.35. The Morgan fingerprint density at radius 3 is 2.95 bits per heavy atom. The number of aromatic nitrogens is 1. The summed E-state index contributed by atoms with van der Waals surface area (Å²) in [7, 11) is 1.32. The molecule has 1 aromatic heterocycles. The molecule has 0 saturated carbocycles. The number of halogens is 1. The maximum atomic E-state index is 11.4. The van der Waals surface area contributed by atoms with Crippen molar-refractivity contribution in [3.8, 4) is 18.1 Å². The van der Waals surface area contributed by atoms with Crippen LogP contribution in [0.5, 0.6) is 5.75 Å². The summed E-state index contributed by atoms with van der Waals surface area (Å²) < 4.78 is 10.0. The third kappa shape index (κ3) is 3.91. The Bertz CT molecular complexity index is 660. The maximum Gasteiger partial charge on any atom is 0.322 e. The fourth-order valence-electron chi connectivity index (χ4n) is 2.01. The van der Waals surface area contributed by atoms with Crippen LogP contribution in [0.25, 0.3) is 10.9 Å². The summed E-state index contributed by atoms with van der Waals surface area (Å²) >= 11 is 0. The Morgan fingerprint density at radius 1 is 1.52 bits per heavy atom. The van der Waals surface area contributed by atoms with Gasteiger partial charge in [-0.2, -0.15) is 0 Å². The van der Waals surface area contributed by atoms with Gasteiger partial charge in [0, 0.05) is 23.5 Å². The average molecular weight is 309 g/mol. The van der Waals surface area contributed by atoms with Gasteiger partial charge in [0.05, 0.1) is 7.11 Å². The molecule has 6 heteroatoms. The Hall–Kier alpha value is -2.16. The van der Waals surface area contributed by atoms with Gasteiger partial charge < -0.3 is 20.2 Å².